The fourth-order valence-electron chi connectivity index (χ4n) is 0.459. The predicted molar refractivity (Wildman–Crippen MR) is 58.3 cm³/mol. The monoisotopic (exact) mass is 216 g/mol. The van der Waals surface area contributed by atoms with E-state index in [1.807, 2.05) is 0 Å². The van der Waals surface area contributed by atoms with Crippen LogP contribution in [0.3, 0.4) is 0 Å². The highest BCUT2D eigenvalue weighted by molar-refractivity contribution is 5.86. The number of esters is 2. The van der Waals surface area contributed by atoms with Gasteiger partial charge in [0.25, 0.3) is 0 Å². The van der Waals surface area contributed by atoms with Crippen LogP contribution in [-0.4, -0.2) is 36.1 Å². The van der Waals surface area contributed by atoms with Gasteiger partial charge in [-0.25, -0.2) is 9.59 Å². The zero-order valence-corrected chi connectivity index (χ0v) is 7.54. The first-order valence-electron chi connectivity index (χ1n) is 3.69. The second kappa shape index (κ2) is 8.24. The maximum Gasteiger partial charge on any atom is 0.333 e. The minimum atomic E-state index is -0.536. The summed E-state index contributed by atoms with van der Waals surface area (Å²) in [6.07, 6.45) is 1.04. The predicted octanol–water partition coefficient (Wildman–Crippen LogP) is -0.617. The van der Waals surface area contributed by atoms with E-state index in [9.17, 15) is 9.59 Å². The van der Waals surface area contributed by atoms with E-state index in [0.717, 1.165) is 6.08 Å². The summed E-state index contributed by atoms with van der Waals surface area (Å²) in [6, 6.07) is 0. The van der Waals surface area contributed by atoms with Crippen LogP contribution in [0, 0.1) is 0 Å². The number of rotatable bonds is 5. The second-order valence-electron chi connectivity index (χ2n) is 2.29. The summed E-state index contributed by atoms with van der Waals surface area (Å²) in [5, 5.41) is 0. The highest BCUT2D eigenvalue weighted by Gasteiger charge is 2.02. The number of ether oxygens (including phenoxy) is 2. The van der Waals surface area contributed by atoms with Crippen LogP contribution in [0.1, 0.15) is 6.92 Å². The van der Waals surface area contributed by atoms with Crippen LogP contribution in [0.2, 0.25) is 0 Å². The van der Waals surface area contributed by atoms with Gasteiger partial charge in [0.15, 0.2) is 0 Å². The van der Waals surface area contributed by atoms with E-state index in [0.29, 0.717) is 5.57 Å². The molecule has 0 aliphatic heterocycles. The zero-order valence-electron chi connectivity index (χ0n) is 7.54. The van der Waals surface area contributed by atoms with E-state index in [-0.39, 0.29) is 24.2 Å². The lowest BCUT2D eigenvalue weighted by molar-refractivity contribution is -0.146. The molecule has 0 saturated heterocycles. The Labute approximate surface area is 87.6 Å². The summed E-state index contributed by atoms with van der Waals surface area (Å²) < 4.78 is 9.21. The largest absolute Gasteiger partial charge is 0.459 e. The molecule has 0 atom stereocenters. The third-order valence-electron chi connectivity index (χ3n) is 1.08. The fraction of sp³-hybridized carbons (Fsp3) is 0.333. The maximum atomic E-state index is 10.8. The first-order chi connectivity index (χ1) is 6.07. The van der Waals surface area contributed by atoms with Gasteiger partial charge in [0.1, 0.15) is 13.2 Å². The average Bonchev–Trinajstić information content (AvgIpc) is 2.11. The van der Waals surface area contributed by atoms with Gasteiger partial charge >= 0.3 is 11.9 Å². The normalized spacial score (nSPS) is 8.07. The van der Waals surface area contributed by atoms with Gasteiger partial charge in [0.05, 0.1) is 0 Å². The van der Waals surface area contributed by atoms with Crippen molar-refractivity contribution < 1.29 is 19.1 Å². The summed E-state index contributed by atoms with van der Waals surface area (Å²) in [5.74, 6) is -1.03. The molecule has 80 valence electrons. The van der Waals surface area contributed by atoms with Crippen molar-refractivity contribution >= 4 is 22.9 Å². The number of carbonyl (C=O) groups is 2. The standard InChI is InChI=1S/C9H12O4.H4Si/c1-4-8(10)12-5-6-13-9(11)7(2)3;/h4H,1-2,5-6H2,3H3;1H4. The third kappa shape index (κ3) is 7.29. The molecule has 0 rings (SSSR count). The lowest BCUT2D eigenvalue weighted by Gasteiger charge is -2.03. The molecule has 0 radical (unpaired) electrons. The Hall–Kier alpha value is -1.36. The highest BCUT2D eigenvalue weighted by atomic mass is 28.1. The molecule has 0 heterocycles. The molecule has 14 heavy (non-hydrogen) atoms. The van der Waals surface area contributed by atoms with Crippen molar-refractivity contribution in [2.45, 2.75) is 6.92 Å². The van der Waals surface area contributed by atoms with Crippen LogP contribution < -0.4 is 0 Å². The Bertz CT molecular complexity index is 235. The van der Waals surface area contributed by atoms with Crippen molar-refractivity contribution in [2.75, 3.05) is 13.2 Å². The molecule has 0 spiro atoms. The van der Waals surface area contributed by atoms with Gasteiger partial charge in [-0.3, -0.25) is 0 Å². The molecule has 4 nitrogen and oxygen atoms in total. The molecule has 0 N–H and O–H groups in total. The summed E-state index contributed by atoms with van der Waals surface area (Å²) in [4.78, 5) is 21.3. The molecule has 0 bridgehead atoms. The highest BCUT2D eigenvalue weighted by Crippen LogP contribution is 1.91. The summed E-state index contributed by atoms with van der Waals surface area (Å²) in [5.41, 5.74) is 0.315. The molecule has 0 aliphatic rings. The molecule has 0 aromatic rings. The van der Waals surface area contributed by atoms with Crippen LogP contribution in [0.25, 0.3) is 0 Å². The van der Waals surface area contributed by atoms with Crippen molar-refractivity contribution in [3.05, 3.63) is 24.8 Å². The zero-order chi connectivity index (χ0) is 10.3. The second-order valence-corrected chi connectivity index (χ2v) is 2.29. The molecular formula is C9H16O4Si. The van der Waals surface area contributed by atoms with E-state index in [1.165, 1.54) is 6.92 Å². The Kier molecular flexibility index (Phi) is 8.91. The van der Waals surface area contributed by atoms with E-state index in [1.54, 1.807) is 0 Å². The van der Waals surface area contributed by atoms with Crippen molar-refractivity contribution in [2.24, 2.45) is 0 Å². The van der Waals surface area contributed by atoms with Crippen LogP contribution in [-0.2, 0) is 19.1 Å². The fourth-order valence-corrected chi connectivity index (χ4v) is 0.459. The number of hydrogen-bond donors (Lipinski definition) is 0. The summed E-state index contributed by atoms with van der Waals surface area (Å²) in [6.45, 7) is 8.20. The molecule has 0 saturated carbocycles. The summed E-state index contributed by atoms with van der Waals surface area (Å²) in [7, 11) is 0. The SMILES string of the molecule is C=CC(=O)OCCOC(=O)C(=C)C.[SiH4]. The molecule has 0 aliphatic carbocycles. The van der Waals surface area contributed by atoms with Crippen molar-refractivity contribution in [3.8, 4) is 0 Å². The van der Waals surface area contributed by atoms with Gasteiger partial charge in [0.2, 0.25) is 0 Å². The molecule has 0 aromatic carbocycles. The first kappa shape index (κ1) is 15.1. The smallest absolute Gasteiger partial charge is 0.333 e. The Morgan fingerprint density at radius 2 is 1.79 bits per heavy atom. The van der Waals surface area contributed by atoms with Crippen LogP contribution >= 0.6 is 0 Å². The molecular weight excluding hydrogens is 200 g/mol. The van der Waals surface area contributed by atoms with Gasteiger partial charge in [-0.15, -0.1) is 0 Å². The molecule has 0 fully saturated rings. The van der Waals surface area contributed by atoms with Crippen molar-refractivity contribution in [3.63, 3.8) is 0 Å². The number of carbonyl (C=O) groups excluding carboxylic acids is 2. The molecule has 0 aromatic heterocycles. The minimum absolute atomic E-state index is 0. The van der Waals surface area contributed by atoms with Crippen molar-refractivity contribution in [1.82, 2.24) is 0 Å². The Morgan fingerprint density at radius 1 is 1.29 bits per heavy atom. The molecule has 0 amide bonds. The van der Waals surface area contributed by atoms with E-state index in [2.05, 4.69) is 22.6 Å². The minimum Gasteiger partial charge on any atom is -0.459 e. The van der Waals surface area contributed by atoms with E-state index < -0.39 is 11.9 Å². The van der Waals surface area contributed by atoms with Crippen LogP contribution in [0.5, 0.6) is 0 Å². The summed E-state index contributed by atoms with van der Waals surface area (Å²) >= 11 is 0. The van der Waals surface area contributed by atoms with Gasteiger partial charge < -0.3 is 9.47 Å². The van der Waals surface area contributed by atoms with Gasteiger partial charge in [0, 0.05) is 11.6 Å². The van der Waals surface area contributed by atoms with Gasteiger partial charge in [-0.2, -0.15) is 0 Å². The average molecular weight is 216 g/mol. The van der Waals surface area contributed by atoms with E-state index >= 15 is 0 Å². The lowest BCUT2D eigenvalue weighted by atomic mass is 10.4. The molecule has 5 heteroatoms. The molecule has 0 unspecified atom stereocenters. The van der Waals surface area contributed by atoms with Gasteiger partial charge in [-0.1, -0.05) is 13.2 Å². The lowest BCUT2D eigenvalue weighted by Crippen LogP contribution is -2.12. The van der Waals surface area contributed by atoms with Crippen LogP contribution in [0.4, 0.5) is 0 Å². The Morgan fingerprint density at radius 3 is 2.21 bits per heavy atom. The maximum absolute atomic E-state index is 10.8. The quantitative estimate of drug-likeness (QED) is 0.266. The topological polar surface area (TPSA) is 52.6 Å². The number of hydrogen-bond acceptors (Lipinski definition) is 4. The van der Waals surface area contributed by atoms with Crippen molar-refractivity contribution in [1.29, 1.82) is 0 Å². The Balaban J connectivity index is 0. The third-order valence-corrected chi connectivity index (χ3v) is 1.08. The van der Waals surface area contributed by atoms with Gasteiger partial charge in [-0.05, 0) is 17.9 Å². The van der Waals surface area contributed by atoms with Crippen LogP contribution in [0.15, 0.2) is 24.8 Å². The van der Waals surface area contributed by atoms with E-state index in [4.69, 9.17) is 0 Å². The first-order valence-corrected chi connectivity index (χ1v) is 3.69.